The molecule has 0 spiro atoms. The summed E-state index contributed by atoms with van der Waals surface area (Å²) < 4.78 is 2.14. The lowest BCUT2D eigenvalue weighted by atomic mass is 9.98. The van der Waals surface area contributed by atoms with Crippen LogP contribution in [-0.4, -0.2) is 24.5 Å². The predicted molar refractivity (Wildman–Crippen MR) is 90.0 cm³/mol. The first-order valence-corrected chi connectivity index (χ1v) is 7.87. The summed E-state index contributed by atoms with van der Waals surface area (Å²) in [5, 5.41) is 1.27. The number of nitrogens with zero attached hydrogens (tertiary/aromatic N) is 3. The van der Waals surface area contributed by atoms with Crippen LogP contribution in [0.15, 0.2) is 61.4 Å². The summed E-state index contributed by atoms with van der Waals surface area (Å²) in [7, 11) is 0. The third-order valence-electron chi connectivity index (χ3n) is 4.16. The average Bonchev–Trinajstić information content (AvgIpc) is 3.27. The molecular formula is C18H19N5. The largest absolute Gasteiger partial charge is 0.358 e. The minimum absolute atomic E-state index is 0.448. The predicted octanol–water partition coefficient (Wildman–Crippen LogP) is 3.19. The van der Waals surface area contributed by atoms with Crippen LogP contribution in [0.2, 0.25) is 0 Å². The van der Waals surface area contributed by atoms with Gasteiger partial charge >= 0.3 is 0 Å². The normalized spacial score (nSPS) is 12.7. The molecule has 0 aliphatic heterocycles. The number of imidazole rings is 2. The van der Waals surface area contributed by atoms with E-state index in [0.29, 0.717) is 5.92 Å². The van der Waals surface area contributed by atoms with E-state index < -0.39 is 0 Å². The number of aromatic nitrogens is 5. The number of H-pyrrole nitrogens is 2. The minimum Gasteiger partial charge on any atom is -0.358 e. The zero-order valence-corrected chi connectivity index (χ0v) is 12.8. The highest BCUT2D eigenvalue weighted by Crippen LogP contribution is 2.20. The Balaban J connectivity index is 1.56. The van der Waals surface area contributed by atoms with Gasteiger partial charge < -0.3 is 14.5 Å². The van der Waals surface area contributed by atoms with Gasteiger partial charge in [-0.3, -0.25) is 0 Å². The molecule has 4 aromatic rings. The molecule has 0 aliphatic rings. The van der Waals surface area contributed by atoms with Crippen molar-refractivity contribution in [3.05, 3.63) is 73.0 Å². The molecule has 0 bridgehead atoms. The van der Waals surface area contributed by atoms with E-state index in [0.717, 1.165) is 25.2 Å². The van der Waals surface area contributed by atoms with Crippen molar-refractivity contribution < 1.29 is 0 Å². The molecule has 0 fully saturated rings. The number of para-hydroxylation sites is 1. The van der Waals surface area contributed by atoms with Crippen LogP contribution in [-0.2, 0) is 19.4 Å². The van der Waals surface area contributed by atoms with Gasteiger partial charge in [-0.15, -0.1) is 0 Å². The minimum atomic E-state index is 0.448. The van der Waals surface area contributed by atoms with Crippen molar-refractivity contribution in [1.29, 1.82) is 0 Å². The van der Waals surface area contributed by atoms with E-state index in [9.17, 15) is 0 Å². The van der Waals surface area contributed by atoms with Crippen molar-refractivity contribution in [3.8, 4) is 0 Å². The molecule has 116 valence electrons. The maximum absolute atomic E-state index is 4.38. The Morgan fingerprint density at radius 2 is 2.09 bits per heavy atom. The molecule has 0 radical (unpaired) electrons. The second-order valence-electron chi connectivity index (χ2n) is 5.95. The lowest BCUT2D eigenvalue weighted by Gasteiger charge is -2.15. The van der Waals surface area contributed by atoms with Crippen LogP contribution in [0.5, 0.6) is 0 Å². The smallest absolute Gasteiger partial charge is 0.106 e. The van der Waals surface area contributed by atoms with Crippen molar-refractivity contribution in [2.75, 3.05) is 0 Å². The molecule has 4 rings (SSSR count). The van der Waals surface area contributed by atoms with Gasteiger partial charge in [0, 0.05) is 49.0 Å². The van der Waals surface area contributed by atoms with Crippen LogP contribution >= 0.6 is 0 Å². The van der Waals surface area contributed by atoms with E-state index in [4.69, 9.17) is 0 Å². The van der Waals surface area contributed by atoms with Crippen LogP contribution in [0, 0.1) is 5.92 Å². The van der Waals surface area contributed by atoms with Crippen molar-refractivity contribution in [2.45, 2.75) is 19.4 Å². The van der Waals surface area contributed by atoms with E-state index in [2.05, 4.69) is 54.8 Å². The molecule has 0 saturated heterocycles. The van der Waals surface area contributed by atoms with Crippen LogP contribution in [0.25, 0.3) is 10.9 Å². The van der Waals surface area contributed by atoms with Crippen LogP contribution in [0.4, 0.5) is 0 Å². The summed E-state index contributed by atoms with van der Waals surface area (Å²) in [6, 6.07) is 10.7. The first-order chi connectivity index (χ1) is 11.4. The summed E-state index contributed by atoms with van der Waals surface area (Å²) in [5.41, 5.74) is 2.46. The Labute approximate surface area is 134 Å². The van der Waals surface area contributed by atoms with E-state index in [1.165, 1.54) is 16.6 Å². The molecule has 1 unspecified atom stereocenters. The van der Waals surface area contributed by atoms with Gasteiger partial charge in [-0.25, -0.2) is 9.97 Å². The molecule has 5 heteroatoms. The summed E-state index contributed by atoms with van der Waals surface area (Å²) in [5.74, 6) is 1.48. The molecule has 23 heavy (non-hydrogen) atoms. The zero-order valence-electron chi connectivity index (χ0n) is 12.8. The molecule has 1 aromatic carbocycles. The Morgan fingerprint density at radius 1 is 1.13 bits per heavy atom. The summed E-state index contributed by atoms with van der Waals surface area (Å²) in [6.07, 6.45) is 11.3. The van der Waals surface area contributed by atoms with Crippen LogP contribution < -0.4 is 0 Å². The SMILES string of the molecule is c1ccc2[nH]c(CC(Cc3ncc[nH]3)Cn3ccnc3)cc2c1. The van der Waals surface area contributed by atoms with E-state index >= 15 is 0 Å². The second-order valence-corrected chi connectivity index (χ2v) is 5.95. The van der Waals surface area contributed by atoms with Gasteiger partial charge in [0.1, 0.15) is 5.82 Å². The Hall–Kier alpha value is -2.82. The zero-order chi connectivity index (χ0) is 15.5. The van der Waals surface area contributed by atoms with E-state index in [1.54, 1.807) is 0 Å². The number of aromatic amines is 2. The van der Waals surface area contributed by atoms with Crippen molar-refractivity contribution >= 4 is 10.9 Å². The standard InChI is InChI=1S/C18H19N5/c1-2-4-17-15(3-1)11-16(22-17)9-14(10-18-20-5-6-21-18)12-23-8-7-19-13-23/h1-8,11,13-14,22H,9-10,12H2,(H,20,21). The molecule has 1 atom stereocenters. The highest BCUT2D eigenvalue weighted by Gasteiger charge is 2.14. The van der Waals surface area contributed by atoms with Crippen LogP contribution in [0.3, 0.4) is 0 Å². The first-order valence-electron chi connectivity index (χ1n) is 7.87. The van der Waals surface area contributed by atoms with Gasteiger partial charge in [-0.05, 0) is 29.9 Å². The molecule has 2 N–H and O–H groups in total. The maximum atomic E-state index is 4.38. The topological polar surface area (TPSA) is 62.3 Å². The third kappa shape index (κ3) is 3.18. The number of fused-ring (bicyclic) bond motifs is 1. The monoisotopic (exact) mass is 305 g/mol. The number of nitrogens with one attached hydrogen (secondary N) is 2. The number of hydrogen-bond acceptors (Lipinski definition) is 2. The fraction of sp³-hybridized carbons (Fsp3) is 0.222. The molecule has 0 amide bonds. The number of benzene rings is 1. The quantitative estimate of drug-likeness (QED) is 0.574. The van der Waals surface area contributed by atoms with Gasteiger partial charge in [0.15, 0.2) is 0 Å². The Kier molecular flexibility index (Phi) is 3.68. The summed E-state index contributed by atoms with van der Waals surface area (Å²) in [6.45, 7) is 0.927. The highest BCUT2D eigenvalue weighted by atomic mass is 15.0. The molecule has 3 heterocycles. The Bertz CT molecular complexity index is 789. The van der Waals surface area contributed by atoms with Gasteiger partial charge in [0.2, 0.25) is 0 Å². The molecular weight excluding hydrogens is 286 g/mol. The molecule has 0 aliphatic carbocycles. The van der Waals surface area contributed by atoms with Gasteiger partial charge in [0.05, 0.1) is 6.33 Å². The molecule has 0 saturated carbocycles. The number of hydrogen-bond donors (Lipinski definition) is 2. The lowest BCUT2D eigenvalue weighted by molar-refractivity contribution is 0.428. The van der Waals surface area contributed by atoms with Gasteiger partial charge in [0.25, 0.3) is 0 Å². The van der Waals surface area contributed by atoms with Crippen molar-refractivity contribution in [2.24, 2.45) is 5.92 Å². The van der Waals surface area contributed by atoms with Crippen molar-refractivity contribution in [3.63, 3.8) is 0 Å². The first kappa shape index (κ1) is 13.8. The summed E-state index contributed by atoms with van der Waals surface area (Å²) in [4.78, 5) is 15.3. The third-order valence-corrected chi connectivity index (χ3v) is 4.16. The van der Waals surface area contributed by atoms with E-state index in [-0.39, 0.29) is 0 Å². The highest BCUT2D eigenvalue weighted by molar-refractivity contribution is 5.80. The summed E-state index contributed by atoms with van der Waals surface area (Å²) >= 11 is 0. The molecule has 5 nitrogen and oxygen atoms in total. The number of rotatable bonds is 6. The fourth-order valence-electron chi connectivity index (χ4n) is 3.13. The van der Waals surface area contributed by atoms with Gasteiger partial charge in [-0.1, -0.05) is 18.2 Å². The lowest BCUT2D eigenvalue weighted by Crippen LogP contribution is -2.16. The fourth-order valence-corrected chi connectivity index (χ4v) is 3.13. The Morgan fingerprint density at radius 3 is 2.87 bits per heavy atom. The van der Waals surface area contributed by atoms with Crippen LogP contribution in [0.1, 0.15) is 11.5 Å². The maximum Gasteiger partial charge on any atom is 0.106 e. The average molecular weight is 305 g/mol. The van der Waals surface area contributed by atoms with E-state index in [1.807, 2.05) is 31.1 Å². The van der Waals surface area contributed by atoms with Crippen molar-refractivity contribution in [1.82, 2.24) is 24.5 Å². The molecule has 3 aromatic heterocycles. The second kappa shape index (κ2) is 6.12. The van der Waals surface area contributed by atoms with Gasteiger partial charge in [-0.2, -0.15) is 0 Å².